The van der Waals surface area contributed by atoms with Crippen molar-refractivity contribution in [1.82, 2.24) is 4.98 Å². The first kappa shape index (κ1) is 11.6. The number of aldehydes is 1. The number of hydrogen-bond donors (Lipinski definition) is 0. The molecule has 0 saturated heterocycles. The number of hydrogen-bond acceptors (Lipinski definition) is 3. The van der Waals surface area contributed by atoms with Gasteiger partial charge in [-0.15, -0.1) is 11.3 Å². The summed E-state index contributed by atoms with van der Waals surface area (Å²) in [7, 11) is 0. The van der Waals surface area contributed by atoms with Gasteiger partial charge in [0.05, 0.1) is 5.01 Å². The van der Waals surface area contributed by atoms with E-state index in [1.54, 1.807) is 17.5 Å². The highest BCUT2D eigenvalue weighted by Crippen LogP contribution is 2.24. The maximum atomic E-state index is 10.5. The van der Waals surface area contributed by atoms with Gasteiger partial charge in [-0.2, -0.15) is 0 Å². The first-order valence-electron chi connectivity index (χ1n) is 4.52. The van der Waals surface area contributed by atoms with Crippen molar-refractivity contribution in [1.29, 1.82) is 0 Å². The van der Waals surface area contributed by atoms with Crippen LogP contribution in [0.4, 0.5) is 0 Å². The molecule has 2 rings (SSSR count). The molecule has 0 aliphatic heterocycles. The van der Waals surface area contributed by atoms with Crippen molar-refractivity contribution in [2.24, 2.45) is 0 Å². The number of thiazole rings is 1. The van der Waals surface area contributed by atoms with E-state index in [4.69, 9.17) is 23.2 Å². The number of benzene rings is 1. The van der Waals surface area contributed by atoms with Crippen molar-refractivity contribution in [3.63, 3.8) is 0 Å². The summed E-state index contributed by atoms with van der Waals surface area (Å²) in [6.07, 6.45) is 1.36. The number of nitrogens with zero attached hydrogens (tertiary/aromatic N) is 1. The molecule has 5 heteroatoms. The monoisotopic (exact) mass is 271 g/mol. The van der Waals surface area contributed by atoms with Gasteiger partial charge in [0.2, 0.25) is 0 Å². The first-order chi connectivity index (χ1) is 7.69. The minimum Gasteiger partial charge on any atom is -0.296 e. The van der Waals surface area contributed by atoms with Gasteiger partial charge < -0.3 is 0 Å². The Morgan fingerprint density at radius 3 is 2.81 bits per heavy atom. The van der Waals surface area contributed by atoms with E-state index in [9.17, 15) is 4.79 Å². The van der Waals surface area contributed by atoms with Crippen LogP contribution < -0.4 is 0 Å². The zero-order valence-electron chi connectivity index (χ0n) is 8.11. The van der Waals surface area contributed by atoms with Crippen molar-refractivity contribution >= 4 is 40.8 Å². The quantitative estimate of drug-likeness (QED) is 0.794. The van der Waals surface area contributed by atoms with E-state index < -0.39 is 0 Å². The second kappa shape index (κ2) is 4.95. The Bertz CT molecular complexity index is 524. The third kappa shape index (κ3) is 2.61. The predicted octanol–water partition coefficient (Wildman–Crippen LogP) is 3.85. The number of aromatic nitrogens is 1. The van der Waals surface area contributed by atoms with E-state index in [1.807, 2.05) is 6.07 Å². The van der Waals surface area contributed by atoms with Crippen LogP contribution in [0.5, 0.6) is 0 Å². The highest BCUT2D eigenvalue weighted by molar-refractivity contribution is 7.09. The smallest absolute Gasteiger partial charge is 0.169 e. The van der Waals surface area contributed by atoms with Crippen molar-refractivity contribution < 1.29 is 4.79 Å². The van der Waals surface area contributed by atoms with Gasteiger partial charge in [-0.1, -0.05) is 29.3 Å². The second-order valence-corrected chi connectivity index (χ2v) is 4.98. The molecule has 0 radical (unpaired) electrons. The molecule has 1 aromatic heterocycles. The van der Waals surface area contributed by atoms with Gasteiger partial charge in [-0.3, -0.25) is 4.79 Å². The molecule has 0 N–H and O–H groups in total. The van der Waals surface area contributed by atoms with Crippen LogP contribution in [0, 0.1) is 0 Å². The van der Waals surface area contributed by atoms with Gasteiger partial charge in [0, 0.05) is 21.8 Å². The van der Waals surface area contributed by atoms with Gasteiger partial charge >= 0.3 is 0 Å². The molecule has 0 unspecified atom stereocenters. The Morgan fingerprint density at radius 1 is 1.38 bits per heavy atom. The highest BCUT2D eigenvalue weighted by atomic mass is 35.5. The number of carbonyl (C=O) groups is 1. The zero-order chi connectivity index (χ0) is 11.5. The molecule has 0 bridgehead atoms. The Labute approximate surface area is 107 Å². The predicted molar refractivity (Wildman–Crippen MR) is 66.8 cm³/mol. The first-order valence-corrected chi connectivity index (χ1v) is 6.16. The van der Waals surface area contributed by atoms with E-state index in [-0.39, 0.29) is 0 Å². The molecule has 1 heterocycles. The number of halogens is 2. The number of carbonyl (C=O) groups excluding carboxylic acids is 1. The van der Waals surface area contributed by atoms with Crippen LogP contribution in [0.3, 0.4) is 0 Å². The molecule has 0 saturated carbocycles. The molecule has 0 aliphatic carbocycles. The van der Waals surface area contributed by atoms with Crippen molar-refractivity contribution in [2.75, 3.05) is 0 Å². The third-order valence-corrected chi connectivity index (χ3v) is 3.50. The fourth-order valence-corrected chi connectivity index (χ4v) is 2.53. The lowest BCUT2D eigenvalue weighted by atomic mass is 10.1. The van der Waals surface area contributed by atoms with Gasteiger partial charge in [-0.05, 0) is 17.7 Å². The summed E-state index contributed by atoms with van der Waals surface area (Å²) in [6.45, 7) is 0. The van der Waals surface area contributed by atoms with Crippen LogP contribution >= 0.6 is 34.5 Å². The summed E-state index contributed by atoms with van der Waals surface area (Å²) in [5, 5.41) is 3.83. The molecule has 2 nitrogen and oxygen atoms in total. The molecule has 0 aliphatic rings. The van der Waals surface area contributed by atoms with Gasteiger partial charge in [0.1, 0.15) is 5.69 Å². The van der Waals surface area contributed by atoms with E-state index in [1.165, 1.54) is 11.3 Å². The summed E-state index contributed by atoms with van der Waals surface area (Å²) >= 11 is 13.3. The lowest BCUT2D eigenvalue weighted by molar-refractivity contribution is 0.111. The minimum absolute atomic E-state index is 0.463. The van der Waals surface area contributed by atoms with Crippen molar-refractivity contribution in [3.05, 3.63) is 49.9 Å². The van der Waals surface area contributed by atoms with Gasteiger partial charge in [0.25, 0.3) is 0 Å². The van der Waals surface area contributed by atoms with Crippen LogP contribution in [0.15, 0.2) is 23.6 Å². The summed E-state index contributed by atoms with van der Waals surface area (Å²) in [6, 6.07) is 5.36. The summed E-state index contributed by atoms with van der Waals surface area (Å²) in [5.41, 5.74) is 1.42. The Balaban J connectivity index is 2.23. The lowest BCUT2D eigenvalue weighted by Crippen LogP contribution is -1.89. The van der Waals surface area contributed by atoms with E-state index in [2.05, 4.69) is 4.98 Å². The fourth-order valence-electron chi connectivity index (χ4n) is 1.29. The second-order valence-electron chi connectivity index (χ2n) is 3.20. The molecule has 0 fully saturated rings. The van der Waals surface area contributed by atoms with Crippen molar-refractivity contribution in [2.45, 2.75) is 6.42 Å². The minimum atomic E-state index is 0.463. The summed E-state index contributed by atoms with van der Waals surface area (Å²) < 4.78 is 0. The molecule has 2 aromatic rings. The molecule has 0 atom stereocenters. The Hall–Kier alpha value is -0.900. The van der Waals surface area contributed by atoms with Crippen LogP contribution in [0.25, 0.3) is 0 Å². The molecule has 0 spiro atoms. The largest absolute Gasteiger partial charge is 0.296 e. The summed E-state index contributed by atoms with van der Waals surface area (Å²) in [4.78, 5) is 14.6. The average Bonchev–Trinajstić information content (AvgIpc) is 2.70. The lowest BCUT2D eigenvalue weighted by Gasteiger charge is -2.01. The Kier molecular flexibility index (Phi) is 3.59. The normalized spacial score (nSPS) is 10.4. The van der Waals surface area contributed by atoms with Crippen LogP contribution in [-0.2, 0) is 6.42 Å². The zero-order valence-corrected chi connectivity index (χ0v) is 10.4. The molecule has 1 aromatic carbocycles. The molecule has 82 valence electrons. The molecular formula is C11H7Cl2NOS. The van der Waals surface area contributed by atoms with Crippen LogP contribution in [0.1, 0.15) is 21.1 Å². The maximum Gasteiger partial charge on any atom is 0.169 e. The Morgan fingerprint density at radius 2 is 2.19 bits per heavy atom. The van der Waals surface area contributed by atoms with Gasteiger partial charge in [0.15, 0.2) is 6.29 Å². The number of rotatable bonds is 3. The topological polar surface area (TPSA) is 30.0 Å². The molecule has 0 amide bonds. The fraction of sp³-hybridized carbons (Fsp3) is 0.0909. The van der Waals surface area contributed by atoms with E-state index >= 15 is 0 Å². The highest BCUT2D eigenvalue weighted by Gasteiger charge is 2.06. The summed E-state index contributed by atoms with van der Waals surface area (Å²) in [5.74, 6) is 0. The SMILES string of the molecule is O=Cc1csc(Cc2ccc(Cl)cc2Cl)n1. The molecular weight excluding hydrogens is 265 g/mol. The van der Waals surface area contributed by atoms with E-state index in [0.717, 1.165) is 16.9 Å². The van der Waals surface area contributed by atoms with Crippen LogP contribution in [0.2, 0.25) is 10.0 Å². The van der Waals surface area contributed by atoms with Crippen molar-refractivity contribution in [3.8, 4) is 0 Å². The average molecular weight is 272 g/mol. The standard InChI is InChI=1S/C11H7Cl2NOS/c12-8-2-1-7(10(13)4-8)3-11-14-9(5-15)6-16-11/h1-2,4-6H,3H2. The van der Waals surface area contributed by atoms with Gasteiger partial charge in [-0.25, -0.2) is 4.98 Å². The van der Waals surface area contributed by atoms with E-state index in [0.29, 0.717) is 22.2 Å². The molecule has 16 heavy (non-hydrogen) atoms. The maximum absolute atomic E-state index is 10.5. The van der Waals surface area contributed by atoms with Crippen LogP contribution in [-0.4, -0.2) is 11.3 Å². The third-order valence-electron chi connectivity index (χ3n) is 2.05.